The highest BCUT2D eigenvalue weighted by Crippen LogP contribution is 2.48. The number of aryl methyl sites for hydroxylation is 4. The third kappa shape index (κ3) is 8.63. The van der Waals surface area contributed by atoms with Crippen molar-refractivity contribution < 1.29 is 0 Å². The number of fused-ring (bicyclic) bond motifs is 8. The molecule has 4 nitrogen and oxygen atoms in total. The molecule has 0 atom stereocenters. The molecule has 4 heteroatoms. The summed E-state index contributed by atoms with van der Waals surface area (Å²) in [6.07, 6.45) is 0. The molecular formula is C68H78N4. The monoisotopic (exact) mass is 951 g/mol. The molecule has 72 heavy (non-hydrogen) atoms. The summed E-state index contributed by atoms with van der Waals surface area (Å²) in [4.78, 5) is 20.4. The summed E-state index contributed by atoms with van der Waals surface area (Å²) in [5.74, 6) is 0. The third-order valence-electron chi connectivity index (χ3n) is 16.1. The summed E-state index contributed by atoms with van der Waals surface area (Å²) in [7, 11) is 0. The van der Waals surface area contributed by atoms with Crippen LogP contribution in [0.1, 0.15) is 178 Å². The molecule has 0 aliphatic carbocycles. The molecule has 0 saturated carbocycles. The van der Waals surface area contributed by atoms with E-state index in [0.717, 1.165) is 89.4 Å². The molecule has 9 rings (SSSR count). The van der Waals surface area contributed by atoms with Gasteiger partial charge < -0.3 is 9.97 Å². The summed E-state index contributed by atoms with van der Waals surface area (Å²) in [6, 6.07) is 36.7. The van der Waals surface area contributed by atoms with Crippen molar-refractivity contribution in [2.45, 2.75) is 160 Å². The van der Waals surface area contributed by atoms with Crippen molar-refractivity contribution in [2.75, 3.05) is 0 Å². The first-order chi connectivity index (χ1) is 33.6. The standard InChI is InChI=1S/C68H78N4/c1-37-38(2)58-54(46-26-22-30-50(34-46)66(12,13)14)60-41(5)42(6)62(71-60)56(48-28-24-32-52(36-48)68(18,19)20)64-44(8)43(7)63(72-64)55(47-27-23-31-51(35-47)67(15,16)17)61-40(4)39(3)59(70-61)53(57(37)69-58)45-25-21-29-49(33-45)65(9,10)11/h21-36,69,72H,1-20H3. The maximum atomic E-state index is 5.98. The third-order valence-corrected chi connectivity index (χ3v) is 16.1. The van der Waals surface area contributed by atoms with Crippen LogP contribution in [0.3, 0.4) is 0 Å². The van der Waals surface area contributed by atoms with Gasteiger partial charge in [-0.05, 0) is 166 Å². The quantitative estimate of drug-likeness (QED) is 0.185. The SMILES string of the molecule is CC1=C(C)c2nc1c(-c1cccc(C(C)(C)C)c1)c1[nH]c(c(C)c1C)c(-c1cccc(C(C)(C)C)c1)c1nc(c(-c3cccc(C(C)(C)C)c3)c3[nH]c(c(C)c3C)c2-c2cccc(C(C)(C)C)c2)C(C)=C1C. The molecule has 8 bridgehead atoms. The first-order valence-corrected chi connectivity index (χ1v) is 26.2. The van der Waals surface area contributed by atoms with Gasteiger partial charge in [-0.25, -0.2) is 9.97 Å². The van der Waals surface area contributed by atoms with Gasteiger partial charge in [-0.15, -0.1) is 0 Å². The fraction of sp³-hybridized carbons (Fsp3) is 0.353. The summed E-state index contributed by atoms with van der Waals surface area (Å²) in [6.45, 7) is 45.9. The highest BCUT2D eigenvalue weighted by atomic mass is 14.8. The van der Waals surface area contributed by atoms with E-state index >= 15 is 0 Å². The molecule has 0 fully saturated rings. The van der Waals surface area contributed by atoms with Gasteiger partial charge >= 0.3 is 0 Å². The van der Waals surface area contributed by atoms with Gasteiger partial charge in [0.15, 0.2) is 0 Å². The molecule has 0 spiro atoms. The lowest BCUT2D eigenvalue weighted by Crippen LogP contribution is -2.10. The summed E-state index contributed by atoms with van der Waals surface area (Å²) < 4.78 is 0. The van der Waals surface area contributed by atoms with Gasteiger partial charge in [0.05, 0.1) is 44.8 Å². The first-order valence-electron chi connectivity index (χ1n) is 26.2. The van der Waals surface area contributed by atoms with Crippen LogP contribution in [0, 0.1) is 27.7 Å². The van der Waals surface area contributed by atoms with Crippen LogP contribution in [0.4, 0.5) is 0 Å². The van der Waals surface area contributed by atoms with Gasteiger partial charge in [-0.1, -0.05) is 180 Å². The molecule has 2 aliphatic rings. The zero-order chi connectivity index (χ0) is 52.3. The van der Waals surface area contributed by atoms with Crippen molar-refractivity contribution in [1.82, 2.24) is 19.9 Å². The van der Waals surface area contributed by atoms with Crippen LogP contribution < -0.4 is 0 Å². The number of aromatic amines is 2. The molecule has 2 aliphatic heterocycles. The van der Waals surface area contributed by atoms with E-state index in [2.05, 4.69) is 246 Å². The lowest BCUT2D eigenvalue weighted by molar-refractivity contribution is 0.590. The van der Waals surface area contributed by atoms with Crippen molar-refractivity contribution in [3.8, 4) is 44.5 Å². The lowest BCUT2D eigenvalue weighted by Gasteiger charge is -2.20. The Balaban J connectivity index is 1.63. The number of hydrogen-bond donors (Lipinski definition) is 2. The van der Waals surface area contributed by atoms with Crippen LogP contribution in [0.15, 0.2) is 97.1 Å². The smallest absolute Gasteiger partial charge is 0.0769 e. The van der Waals surface area contributed by atoms with Gasteiger partial charge in [0.25, 0.3) is 0 Å². The number of allylic oxidation sites excluding steroid dienone is 4. The van der Waals surface area contributed by atoms with Crippen molar-refractivity contribution in [3.63, 3.8) is 0 Å². The molecule has 2 N–H and O–H groups in total. The Morgan fingerprint density at radius 3 is 0.667 bits per heavy atom. The molecule has 0 saturated heterocycles. The maximum absolute atomic E-state index is 5.98. The lowest BCUT2D eigenvalue weighted by atomic mass is 9.84. The van der Waals surface area contributed by atoms with E-state index in [1.54, 1.807) is 0 Å². The number of nitrogens with one attached hydrogen (secondary N) is 2. The van der Waals surface area contributed by atoms with Crippen LogP contribution in [0.2, 0.25) is 0 Å². The van der Waals surface area contributed by atoms with Crippen LogP contribution in [0.5, 0.6) is 0 Å². The number of rotatable bonds is 4. The van der Waals surface area contributed by atoms with Crippen LogP contribution in [-0.2, 0) is 21.7 Å². The van der Waals surface area contributed by atoms with Gasteiger partial charge in [-0.3, -0.25) is 0 Å². The molecule has 3 aromatic heterocycles. The Labute approximate surface area is 431 Å². The van der Waals surface area contributed by atoms with E-state index in [-0.39, 0.29) is 21.7 Å². The number of hydrogen-bond acceptors (Lipinski definition) is 2. The first kappa shape index (κ1) is 50.4. The Morgan fingerprint density at radius 2 is 0.486 bits per heavy atom. The van der Waals surface area contributed by atoms with Gasteiger partial charge in [0.1, 0.15) is 0 Å². The number of aromatic nitrogens is 4. The second kappa shape index (κ2) is 17.6. The normalized spacial score (nSPS) is 13.7. The Kier molecular flexibility index (Phi) is 12.3. The second-order valence-corrected chi connectivity index (χ2v) is 25.2. The molecule has 370 valence electrons. The molecule has 0 radical (unpaired) electrons. The van der Waals surface area contributed by atoms with E-state index in [1.165, 1.54) is 66.8 Å². The number of nitrogens with zero attached hydrogens (tertiary/aromatic N) is 2. The van der Waals surface area contributed by atoms with Crippen molar-refractivity contribution in [1.29, 1.82) is 0 Å². The minimum absolute atomic E-state index is 0.0600. The largest absolute Gasteiger partial charge is 0.354 e. The molecule has 4 aromatic carbocycles. The summed E-state index contributed by atoms with van der Waals surface area (Å²) in [5, 5.41) is 0. The summed E-state index contributed by atoms with van der Waals surface area (Å²) >= 11 is 0. The minimum Gasteiger partial charge on any atom is -0.354 e. The van der Waals surface area contributed by atoms with Crippen molar-refractivity contribution in [2.24, 2.45) is 0 Å². The Bertz CT molecular complexity index is 3150. The van der Waals surface area contributed by atoms with E-state index in [9.17, 15) is 0 Å². The van der Waals surface area contributed by atoms with Crippen LogP contribution in [0.25, 0.3) is 88.9 Å². The van der Waals surface area contributed by atoms with E-state index in [0.29, 0.717) is 0 Å². The zero-order valence-electron chi connectivity index (χ0n) is 47.1. The average molecular weight is 951 g/mol. The van der Waals surface area contributed by atoms with E-state index in [4.69, 9.17) is 9.97 Å². The Morgan fingerprint density at radius 1 is 0.292 bits per heavy atom. The predicted molar refractivity (Wildman–Crippen MR) is 313 cm³/mol. The summed E-state index contributed by atoms with van der Waals surface area (Å²) in [5.41, 5.74) is 31.7. The van der Waals surface area contributed by atoms with Crippen LogP contribution >= 0.6 is 0 Å². The Hall–Kier alpha value is -6.52. The van der Waals surface area contributed by atoms with E-state index < -0.39 is 0 Å². The predicted octanol–water partition coefficient (Wildman–Crippen LogP) is 19.3. The molecule has 0 amide bonds. The minimum atomic E-state index is -0.0600. The second-order valence-electron chi connectivity index (χ2n) is 25.2. The van der Waals surface area contributed by atoms with Gasteiger partial charge in [0.2, 0.25) is 0 Å². The molecule has 0 unspecified atom stereocenters. The molecule has 5 heterocycles. The molecule has 7 aromatic rings. The number of benzene rings is 4. The fourth-order valence-corrected chi connectivity index (χ4v) is 10.8. The van der Waals surface area contributed by atoms with Crippen molar-refractivity contribution in [3.05, 3.63) is 164 Å². The molecular weight excluding hydrogens is 873 g/mol. The fourth-order valence-electron chi connectivity index (χ4n) is 10.8. The highest BCUT2D eigenvalue weighted by Gasteiger charge is 2.30. The van der Waals surface area contributed by atoms with Crippen LogP contribution in [-0.4, -0.2) is 19.9 Å². The number of H-pyrrole nitrogens is 2. The highest BCUT2D eigenvalue weighted by molar-refractivity contribution is 6.08. The van der Waals surface area contributed by atoms with Crippen molar-refractivity contribution >= 4 is 44.4 Å². The zero-order valence-corrected chi connectivity index (χ0v) is 47.1. The van der Waals surface area contributed by atoms with Gasteiger partial charge in [-0.2, -0.15) is 0 Å². The maximum Gasteiger partial charge on any atom is 0.0769 e. The topological polar surface area (TPSA) is 57.4 Å². The van der Waals surface area contributed by atoms with Gasteiger partial charge in [0, 0.05) is 22.3 Å². The average Bonchev–Trinajstić information content (AvgIpc) is 3.97. The van der Waals surface area contributed by atoms with E-state index in [1.807, 2.05) is 0 Å².